The van der Waals surface area contributed by atoms with Gasteiger partial charge in [0.2, 0.25) is 29.5 Å². The Bertz CT molecular complexity index is 1590. The van der Waals surface area contributed by atoms with E-state index in [0.717, 1.165) is 19.3 Å². The fraction of sp³-hybridized carbons (Fsp3) is 0.525. The average molecular weight is 764 g/mol. The molecule has 0 saturated carbocycles. The van der Waals surface area contributed by atoms with Gasteiger partial charge in [-0.3, -0.25) is 24.0 Å². The van der Waals surface area contributed by atoms with Crippen LogP contribution in [-0.2, 0) is 33.5 Å². The molecule has 0 spiro atoms. The molecule has 4 saturated heterocycles. The molecule has 7 amide bonds. The molecule has 4 fully saturated rings. The van der Waals surface area contributed by atoms with E-state index in [0.29, 0.717) is 51.0 Å². The number of carbonyl (C=O) groups is 7. The molecule has 15 nitrogen and oxygen atoms in total. The maximum absolute atomic E-state index is 13.4. The Labute approximate surface area is 323 Å². The van der Waals surface area contributed by atoms with Crippen LogP contribution < -0.4 is 21.7 Å². The highest BCUT2D eigenvalue weighted by molar-refractivity contribution is 5.96. The van der Waals surface area contributed by atoms with Gasteiger partial charge in [-0.25, -0.2) is 9.59 Å². The molecule has 0 aromatic heterocycles. The van der Waals surface area contributed by atoms with E-state index in [1.807, 2.05) is 38.1 Å². The van der Waals surface area contributed by atoms with Crippen LogP contribution in [0.3, 0.4) is 0 Å². The molecule has 55 heavy (non-hydrogen) atoms. The minimum Gasteiger partial charge on any atom is -0.464 e. The zero-order valence-electron chi connectivity index (χ0n) is 32.5. The Morgan fingerprint density at radius 3 is 1.95 bits per heavy atom. The van der Waals surface area contributed by atoms with Crippen LogP contribution in [0.25, 0.3) is 0 Å². The summed E-state index contributed by atoms with van der Waals surface area (Å²) < 4.78 is 5.33. The van der Waals surface area contributed by atoms with E-state index in [1.165, 1.54) is 10.5 Å². The molecular weight excluding hydrogens is 706 g/mol. The fourth-order valence-electron chi connectivity index (χ4n) is 6.75. The topological polar surface area (TPSA) is 201 Å². The second-order valence-corrected chi connectivity index (χ2v) is 13.4. The summed E-state index contributed by atoms with van der Waals surface area (Å²) in [5.74, 6) is -2.24. The number of hydrogen-bond donors (Lipinski definition) is 4. The van der Waals surface area contributed by atoms with Crippen molar-refractivity contribution >= 4 is 47.2 Å². The van der Waals surface area contributed by atoms with Gasteiger partial charge in [-0.1, -0.05) is 67.9 Å². The first-order chi connectivity index (χ1) is 26.5. The minimum absolute atomic E-state index is 0.00347. The molecule has 2 aromatic carbocycles. The molecule has 4 aliphatic heterocycles. The summed E-state index contributed by atoms with van der Waals surface area (Å²) >= 11 is 0. The van der Waals surface area contributed by atoms with Crippen LogP contribution in [0.4, 0.5) is 10.5 Å². The van der Waals surface area contributed by atoms with Crippen molar-refractivity contribution in [2.24, 2.45) is 5.73 Å². The normalized spacial score (nSPS) is 22.7. The smallest absolute Gasteiger partial charge is 0.328 e. The van der Waals surface area contributed by atoms with Crippen molar-refractivity contribution in [3.63, 3.8) is 0 Å². The fourth-order valence-corrected chi connectivity index (χ4v) is 6.75. The number of primary amides is 1. The predicted molar refractivity (Wildman–Crippen MR) is 207 cm³/mol. The number of amides is 7. The molecule has 300 valence electrons. The number of piperidine rings is 1. The number of anilines is 1. The molecule has 6 rings (SSSR count). The number of fused-ring (bicyclic) bond motifs is 3. The van der Waals surface area contributed by atoms with Crippen LogP contribution in [0.2, 0.25) is 0 Å². The van der Waals surface area contributed by atoms with Crippen LogP contribution in [0.1, 0.15) is 77.7 Å². The number of urea groups is 1. The molecule has 0 bridgehead atoms. The first-order valence-electron chi connectivity index (χ1n) is 19.2. The zero-order valence-corrected chi connectivity index (χ0v) is 32.5. The Morgan fingerprint density at radius 1 is 0.764 bits per heavy atom. The number of cyclic esters (lactones) is 1. The van der Waals surface area contributed by atoms with Crippen LogP contribution >= 0.6 is 0 Å². The predicted octanol–water partition coefficient (Wildman–Crippen LogP) is 3.12. The zero-order chi connectivity index (χ0) is 40.3. The van der Waals surface area contributed by atoms with Gasteiger partial charge in [0.05, 0.1) is 13.0 Å². The lowest BCUT2D eigenvalue weighted by Crippen LogP contribution is -2.59. The highest BCUT2D eigenvalue weighted by Gasteiger charge is 2.43. The largest absolute Gasteiger partial charge is 0.464 e. The van der Waals surface area contributed by atoms with Crippen molar-refractivity contribution in [1.29, 1.82) is 0 Å². The SMILES string of the molecule is CC.CC1NC(=O)C2CCCCN2C(=O)C2CCCN2C(=O)CCOC(=O)C2CCCN2C1=O.Cc1ccccc1.NC(=O)CNC(=O)Nc1ccccc1. The van der Waals surface area contributed by atoms with Crippen LogP contribution in [0.15, 0.2) is 60.7 Å². The van der Waals surface area contributed by atoms with Crippen molar-refractivity contribution in [3.05, 3.63) is 66.2 Å². The molecule has 4 unspecified atom stereocenters. The summed E-state index contributed by atoms with van der Waals surface area (Å²) in [6.45, 7) is 8.81. The minimum atomic E-state index is -0.813. The van der Waals surface area contributed by atoms with Gasteiger partial charge in [-0.15, -0.1) is 0 Å². The molecule has 4 heterocycles. The molecule has 2 aromatic rings. The lowest BCUT2D eigenvalue weighted by atomic mass is 9.99. The number of nitrogens with two attached hydrogens (primary N) is 1. The van der Waals surface area contributed by atoms with Gasteiger partial charge < -0.3 is 41.1 Å². The Morgan fingerprint density at radius 2 is 1.33 bits per heavy atom. The third-order valence-electron chi connectivity index (χ3n) is 9.44. The van der Waals surface area contributed by atoms with Crippen molar-refractivity contribution < 1.29 is 38.3 Å². The van der Waals surface area contributed by atoms with Crippen LogP contribution in [0, 0.1) is 6.92 Å². The number of ether oxygens (including phenoxy) is 1. The third kappa shape index (κ3) is 13.4. The average Bonchev–Trinajstić information content (AvgIpc) is 3.89. The Balaban J connectivity index is 0.000000289. The molecule has 0 radical (unpaired) electrons. The summed E-state index contributed by atoms with van der Waals surface area (Å²) in [6, 6.07) is 16.0. The number of nitrogens with one attached hydrogen (secondary N) is 3. The summed E-state index contributed by atoms with van der Waals surface area (Å²) in [5.41, 5.74) is 6.84. The first-order valence-corrected chi connectivity index (χ1v) is 19.2. The maximum atomic E-state index is 13.4. The standard InChI is InChI=1S/C22H32N4O6.C9H11N3O2.C7H8.C2H6/c1-14-20(29)26-12-5-8-17(26)22(31)32-13-9-18(27)24-11-4-7-16(24)21(30)25-10-3-2-6-15(25)19(28)23-14;10-8(13)6-11-9(14)12-7-4-2-1-3-5-7;1-7-5-3-2-4-6-7;1-2/h14-17H,2-13H2,1H3,(H,23,28);1-5H,6H2,(H2,10,13)(H2,11,12,14);2-6H,1H3;1-2H3. The van der Waals surface area contributed by atoms with Crippen LogP contribution in [-0.4, -0.2) is 113 Å². The number of hydrogen-bond acceptors (Lipinski definition) is 8. The van der Waals surface area contributed by atoms with Gasteiger partial charge in [-0.2, -0.15) is 0 Å². The van der Waals surface area contributed by atoms with Gasteiger partial charge in [0.15, 0.2) is 0 Å². The second kappa shape index (κ2) is 22.7. The van der Waals surface area contributed by atoms with Gasteiger partial charge in [-0.05, 0) is 70.9 Å². The van der Waals surface area contributed by atoms with E-state index in [9.17, 15) is 33.6 Å². The summed E-state index contributed by atoms with van der Waals surface area (Å²) in [6.07, 6.45) is 4.59. The lowest BCUT2D eigenvalue weighted by molar-refractivity contribution is -0.156. The van der Waals surface area contributed by atoms with E-state index in [2.05, 4.69) is 35.0 Å². The number of carbonyl (C=O) groups excluding carboxylic acids is 7. The number of nitrogens with zero attached hydrogens (tertiary/aromatic N) is 3. The van der Waals surface area contributed by atoms with Gasteiger partial charge in [0.25, 0.3) is 0 Å². The van der Waals surface area contributed by atoms with E-state index in [-0.39, 0.29) is 43.2 Å². The molecule has 5 N–H and O–H groups in total. The molecular formula is C40H57N7O8. The quantitative estimate of drug-likeness (QED) is 0.342. The van der Waals surface area contributed by atoms with E-state index >= 15 is 0 Å². The second-order valence-electron chi connectivity index (χ2n) is 13.4. The summed E-state index contributed by atoms with van der Waals surface area (Å²) in [4.78, 5) is 90.9. The van der Waals surface area contributed by atoms with Crippen LogP contribution in [0.5, 0.6) is 0 Å². The van der Waals surface area contributed by atoms with E-state index in [4.69, 9.17) is 10.5 Å². The number of aryl methyl sites for hydroxylation is 1. The molecule has 15 heteroatoms. The van der Waals surface area contributed by atoms with Gasteiger partial charge >= 0.3 is 12.0 Å². The monoisotopic (exact) mass is 763 g/mol. The summed E-state index contributed by atoms with van der Waals surface area (Å²) in [5, 5.41) is 7.62. The Kier molecular flexibility index (Phi) is 18.1. The number of benzene rings is 2. The number of para-hydroxylation sites is 1. The van der Waals surface area contributed by atoms with Gasteiger partial charge in [0, 0.05) is 25.3 Å². The summed E-state index contributed by atoms with van der Waals surface area (Å²) in [7, 11) is 0. The molecule has 4 aliphatic rings. The van der Waals surface area contributed by atoms with E-state index < -0.39 is 42.1 Å². The number of esters is 1. The van der Waals surface area contributed by atoms with Crippen molar-refractivity contribution in [1.82, 2.24) is 25.3 Å². The Hall–Kier alpha value is -5.47. The van der Waals surface area contributed by atoms with Crippen molar-refractivity contribution in [2.75, 3.05) is 38.1 Å². The lowest BCUT2D eigenvalue weighted by Gasteiger charge is -2.38. The first kappa shape index (κ1) is 43.9. The molecule has 0 aliphatic carbocycles. The highest BCUT2D eigenvalue weighted by atomic mass is 16.5. The van der Waals surface area contributed by atoms with Crippen molar-refractivity contribution in [3.8, 4) is 0 Å². The maximum Gasteiger partial charge on any atom is 0.328 e. The van der Waals surface area contributed by atoms with Gasteiger partial charge in [0.1, 0.15) is 30.8 Å². The highest BCUT2D eigenvalue weighted by Crippen LogP contribution is 2.26. The van der Waals surface area contributed by atoms with E-state index in [1.54, 1.807) is 41.0 Å². The van der Waals surface area contributed by atoms with Crippen molar-refractivity contribution in [2.45, 2.75) is 103 Å². The third-order valence-corrected chi connectivity index (χ3v) is 9.44. The number of rotatable bonds is 3. The molecule has 4 atom stereocenters.